The highest BCUT2D eigenvalue weighted by Gasteiger charge is 2.13. The number of carbonyl (C=O) groups excluding carboxylic acids is 1. The molecule has 34 heavy (non-hydrogen) atoms. The lowest BCUT2D eigenvalue weighted by Crippen LogP contribution is -2.24. The van der Waals surface area contributed by atoms with Gasteiger partial charge in [0.05, 0.1) is 21.2 Å². The molecule has 5 aromatic rings. The summed E-state index contributed by atoms with van der Waals surface area (Å²) < 4.78 is 3.81. The first-order valence-electron chi connectivity index (χ1n) is 11.2. The Labute approximate surface area is 210 Å². The van der Waals surface area contributed by atoms with Gasteiger partial charge in [0.15, 0.2) is 5.65 Å². The normalized spacial score (nSPS) is 11.2. The predicted molar refractivity (Wildman–Crippen MR) is 143 cm³/mol. The number of nitrogens with zero attached hydrogens (tertiary/aromatic N) is 3. The summed E-state index contributed by atoms with van der Waals surface area (Å²) in [6.45, 7) is 3.50. The summed E-state index contributed by atoms with van der Waals surface area (Å²) in [4.78, 5) is 18.0. The Morgan fingerprint density at radius 2 is 1.85 bits per heavy atom. The van der Waals surface area contributed by atoms with Gasteiger partial charge >= 0.3 is 0 Å². The number of fused-ring (bicyclic) bond motifs is 2. The Morgan fingerprint density at radius 1 is 1.06 bits per heavy atom. The number of hydrogen-bond donors (Lipinski definition) is 2. The van der Waals surface area contributed by atoms with Gasteiger partial charge in [-0.05, 0) is 58.8 Å². The number of nitrogens with one attached hydrogen (secondary N) is 2. The second kappa shape index (κ2) is 9.95. The van der Waals surface area contributed by atoms with Crippen LogP contribution in [0.5, 0.6) is 0 Å². The Balaban J connectivity index is 1.19. The molecular formula is C26H24BrN5OS. The van der Waals surface area contributed by atoms with Gasteiger partial charge in [-0.1, -0.05) is 42.5 Å². The van der Waals surface area contributed by atoms with Crippen LogP contribution < -0.4 is 10.6 Å². The molecule has 5 rings (SSSR count). The van der Waals surface area contributed by atoms with Gasteiger partial charge in [-0.2, -0.15) is 9.61 Å². The summed E-state index contributed by atoms with van der Waals surface area (Å²) in [5.41, 5.74) is 3.96. The van der Waals surface area contributed by atoms with E-state index >= 15 is 0 Å². The SMILES string of the molecule is Cc1ccccc1-c1cc(NCCCCNC(=O)c2cc3ccccc3s2)n2ncc(Br)c2n1. The van der Waals surface area contributed by atoms with Crippen LogP contribution in [0.25, 0.3) is 27.0 Å². The first kappa shape index (κ1) is 22.6. The van der Waals surface area contributed by atoms with Gasteiger partial charge in [0.2, 0.25) is 0 Å². The van der Waals surface area contributed by atoms with Gasteiger partial charge in [0.1, 0.15) is 5.82 Å². The summed E-state index contributed by atoms with van der Waals surface area (Å²) in [5, 5.41) is 12.1. The standard InChI is InChI=1S/C26H24BrN5OS/c1-17-8-2-4-10-19(17)21-15-24(32-25(31-21)20(27)16-30-32)28-12-6-7-13-29-26(33)23-14-18-9-3-5-11-22(18)34-23/h2-5,8-11,14-16,28H,6-7,12-13H2,1H3,(H,29,33). The first-order chi connectivity index (χ1) is 16.6. The van der Waals surface area contributed by atoms with Crippen LogP contribution in [0.3, 0.4) is 0 Å². The fourth-order valence-corrected chi connectivity index (χ4v) is 5.24. The van der Waals surface area contributed by atoms with Crippen molar-refractivity contribution < 1.29 is 4.79 Å². The van der Waals surface area contributed by atoms with Crippen molar-refractivity contribution in [3.05, 3.63) is 81.8 Å². The maximum absolute atomic E-state index is 12.5. The lowest BCUT2D eigenvalue weighted by molar-refractivity contribution is 0.0957. The molecule has 6 nitrogen and oxygen atoms in total. The van der Waals surface area contributed by atoms with E-state index in [4.69, 9.17) is 4.98 Å². The summed E-state index contributed by atoms with van der Waals surface area (Å²) in [5.74, 6) is 0.887. The summed E-state index contributed by atoms with van der Waals surface area (Å²) in [6, 6.07) is 20.3. The number of anilines is 1. The molecule has 0 atom stereocenters. The van der Waals surface area contributed by atoms with Gasteiger partial charge in [0, 0.05) is 29.4 Å². The lowest BCUT2D eigenvalue weighted by atomic mass is 10.1. The average molecular weight is 534 g/mol. The molecule has 3 heterocycles. The molecule has 1 amide bonds. The largest absolute Gasteiger partial charge is 0.370 e. The van der Waals surface area contributed by atoms with Crippen molar-refractivity contribution in [2.45, 2.75) is 19.8 Å². The first-order valence-corrected chi connectivity index (χ1v) is 12.8. The van der Waals surface area contributed by atoms with E-state index in [1.54, 1.807) is 6.20 Å². The van der Waals surface area contributed by atoms with Gasteiger partial charge in [0.25, 0.3) is 5.91 Å². The van der Waals surface area contributed by atoms with Crippen LogP contribution in [0.15, 0.2) is 71.3 Å². The minimum atomic E-state index is -0.00531. The third-order valence-electron chi connectivity index (χ3n) is 5.69. The molecule has 0 saturated heterocycles. The van der Waals surface area contributed by atoms with Crippen molar-refractivity contribution in [1.29, 1.82) is 0 Å². The number of carbonyl (C=O) groups is 1. The van der Waals surface area contributed by atoms with E-state index in [0.29, 0.717) is 6.54 Å². The molecule has 0 aliphatic heterocycles. The maximum atomic E-state index is 12.5. The molecule has 2 N–H and O–H groups in total. The molecule has 0 spiro atoms. The molecule has 0 bridgehead atoms. The molecule has 2 aromatic carbocycles. The second-order valence-electron chi connectivity index (χ2n) is 8.11. The molecule has 0 aliphatic rings. The number of hydrogen-bond acceptors (Lipinski definition) is 5. The Kier molecular flexibility index (Phi) is 6.60. The third-order valence-corrected chi connectivity index (χ3v) is 7.37. The summed E-state index contributed by atoms with van der Waals surface area (Å²) >= 11 is 5.09. The van der Waals surface area contributed by atoms with Crippen molar-refractivity contribution in [2.24, 2.45) is 0 Å². The van der Waals surface area contributed by atoms with E-state index < -0.39 is 0 Å². The van der Waals surface area contributed by atoms with Crippen LogP contribution in [-0.2, 0) is 0 Å². The highest BCUT2D eigenvalue weighted by molar-refractivity contribution is 9.10. The highest BCUT2D eigenvalue weighted by atomic mass is 79.9. The number of amides is 1. The van der Waals surface area contributed by atoms with Crippen molar-refractivity contribution in [3.8, 4) is 11.3 Å². The van der Waals surface area contributed by atoms with Gasteiger partial charge in [-0.15, -0.1) is 11.3 Å². The van der Waals surface area contributed by atoms with Crippen molar-refractivity contribution in [1.82, 2.24) is 19.9 Å². The van der Waals surface area contributed by atoms with E-state index in [1.807, 2.05) is 53.0 Å². The van der Waals surface area contributed by atoms with Crippen LogP contribution in [-0.4, -0.2) is 33.6 Å². The Hall–Kier alpha value is -3.23. The predicted octanol–water partition coefficient (Wildman–Crippen LogP) is 6.30. The van der Waals surface area contributed by atoms with Crippen molar-refractivity contribution in [3.63, 3.8) is 0 Å². The number of unbranched alkanes of at least 4 members (excludes halogenated alkanes) is 1. The molecule has 0 fully saturated rings. The molecular weight excluding hydrogens is 510 g/mol. The second-order valence-corrected chi connectivity index (χ2v) is 10.0. The van der Waals surface area contributed by atoms with E-state index in [1.165, 1.54) is 16.9 Å². The molecule has 3 aromatic heterocycles. The Morgan fingerprint density at radius 3 is 2.71 bits per heavy atom. The van der Waals surface area contributed by atoms with Crippen LogP contribution in [0.2, 0.25) is 0 Å². The molecule has 0 unspecified atom stereocenters. The fourth-order valence-electron chi connectivity index (χ4n) is 3.91. The quantitative estimate of drug-likeness (QED) is 0.229. The zero-order valence-electron chi connectivity index (χ0n) is 18.7. The number of thiophene rings is 1. The molecule has 172 valence electrons. The molecule has 0 aliphatic carbocycles. The lowest BCUT2D eigenvalue weighted by Gasteiger charge is -2.12. The molecule has 0 saturated carbocycles. The minimum absolute atomic E-state index is 0.00531. The summed E-state index contributed by atoms with van der Waals surface area (Å²) in [7, 11) is 0. The maximum Gasteiger partial charge on any atom is 0.261 e. The van der Waals surface area contributed by atoms with Crippen LogP contribution in [0.1, 0.15) is 28.1 Å². The smallest absolute Gasteiger partial charge is 0.261 e. The third kappa shape index (κ3) is 4.69. The monoisotopic (exact) mass is 533 g/mol. The van der Waals surface area contributed by atoms with E-state index in [0.717, 1.165) is 61.5 Å². The average Bonchev–Trinajstić information content (AvgIpc) is 3.45. The van der Waals surface area contributed by atoms with Crippen LogP contribution >= 0.6 is 27.3 Å². The van der Waals surface area contributed by atoms with E-state index in [2.05, 4.69) is 50.7 Å². The fraction of sp³-hybridized carbons (Fsp3) is 0.192. The Bertz CT molecular complexity index is 1440. The van der Waals surface area contributed by atoms with E-state index in [9.17, 15) is 4.79 Å². The van der Waals surface area contributed by atoms with Gasteiger partial charge in [-0.3, -0.25) is 4.79 Å². The number of aromatic nitrogens is 3. The summed E-state index contributed by atoms with van der Waals surface area (Å²) in [6.07, 6.45) is 3.56. The van der Waals surface area contributed by atoms with E-state index in [-0.39, 0.29) is 5.91 Å². The topological polar surface area (TPSA) is 71.3 Å². The van der Waals surface area contributed by atoms with Gasteiger partial charge < -0.3 is 10.6 Å². The highest BCUT2D eigenvalue weighted by Crippen LogP contribution is 2.28. The van der Waals surface area contributed by atoms with Crippen molar-refractivity contribution in [2.75, 3.05) is 18.4 Å². The van der Waals surface area contributed by atoms with Gasteiger partial charge in [-0.25, -0.2) is 4.98 Å². The number of aryl methyl sites for hydroxylation is 1. The van der Waals surface area contributed by atoms with Crippen molar-refractivity contribution >= 4 is 54.7 Å². The molecule has 0 radical (unpaired) electrons. The zero-order chi connectivity index (χ0) is 23.5. The zero-order valence-corrected chi connectivity index (χ0v) is 21.1. The number of halogens is 1. The van der Waals surface area contributed by atoms with Crippen LogP contribution in [0, 0.1) is 6.92 Å². The molecule has 8 heteroatoms. The van der Waals surface area contributed by atoms with Crippen LogP contribution in [0.4, 0.5) is 5.82 Å². The number of benzene rings is 2. The number of rotatable bonds is 8. The minimum Gasteiger partial charge on any atom is -0.370 e.